The van der Waals surface area contributed by atoms with Crippen LogP contribution in [0.4, 0.5) is 5.82 Å². The number of nitrogens with zero attached hydrogens (tertiary/aromatic N) is 4. The van der Waals surface area contributed by atoms with Crippen LogP contribution >= 0.6 is 11.3 Å². The Labute approximate surface area is 134 Å². The molecule has 1 unspecified atom stereocenters. The summed E-state index contributed by atoms with van der Waals surface area (Å²) in [4.78, 5) is 26.4. The number of fused-ring (bicyclic) bond motifs is 1. The summed E-state index contributed by atoms with van der Waals surface area (Å²) in [5.41, 5.74) is 0. The highest BCUT2D eigenvalue weighted by Gasteiger charge is 2.34. The molecule has 1 saturated heterocycles. The average Bonchev–Trinajstić information content (AvgIpc) is 3.19. The second-order valence-electron chi connectivity index (χ2n) is 5.55. The number of hydrogen-bond acceptors (Lipinski definition) is 6. The molecule has 0 spiro atoms. The second-order valence-corrected chi connectivity index (χ2v) is 6.45. The van der Waals surface area contributed by atoms with E-state index < -0.39 is 0 Å². The minimum Gasteiger partial charge on any atom is -0.344 e. The third kappa shape index (κ3) is 2.78. The number of nitrogens with one attached hydrogen (secondary N) is 1. The zero-order valence-electron chi connectivity index (χ0n) is 13.0. The molecule has 6 nitrogen and oxygen atoms in total. The van der Waals surface area contributed by atoms with Crippen molar-refractivity contribution < 1.29 is 4.79 Å². The number of thiophene rings is 1. The first-order chi connectivity index (χ1) is 10.7. The molecule has 1 aliphatic heterocycles. The van der Waals surface area contributed by atoms with E-state index in [0.717, 1.165) is 48.5 Å². The fourth-order valence-electron chi connectivity index (χ4n) is 2.93. The summed E-state index contributed by atoms with van der Waals surface area (Å²) in [7, 11) is 3.77. The molecule has 0 bridgehead atoms. The van der Waals surface area contributed by atoms with Crippen molar-refractivity contribution in [1.29, 1.82) is 0 Å². The lowest BCUT2D eigenvalue weighted by atomic mass is 10.2. The average molecular weight is 319 g/mol. The Hall–Kier alpha value is -1.73. The molecule has 22 heavy (non-hydrogen) atoms. The van der Waals surface area contributed by atoms with E-state index in [2.05, 4.69) is 20.2 Å². The minimum atomic E-state index is -0.111. The van der Waals surface area contributed by atoms with E-state index >= 15 is 0 Å². The molecule has 118 valence electrons. The van der Waals surface area contributed by atoms with Gasteiger partial charge in [-0.1, -0.05) is 0 Å². The smallest absolute Gasteiger partial charge is 0.245 e. The maximum absolute atomic E-state index is 12.7. The van der Waals surface area contributed by atoms with Gasteiger partial charge >= 0.3 is 0 Å². The van der Waals surface area contributed by atoms with Crippen molar-refractivity contribution in [2.45, 2.75) is 18.9 Å². The first-order valence-electron chi connectivity index (χ1n) is 7.57. The standard InChI is InChI=1S/C15H21N5OS/c1-16-6-8-19(2)15(21)12-4-3-7-20(12)13-11-5-9-22-14(11)18-10-17-13/h5,9-10,12,16H,3-4,6-8H2,1-2H3. The lowest BCUT2D eigenvalue weighted by molar-refractivity contribution is -0.131. The molecule has 2 aromatic rings. The van der Waals surface area contributed by atoms with Crippen LogP contribution in [0, 0.1) is 0 Å². The van der Waals surface area contributed by atoms with E-state index in [4.69, 9.17) is 0 Å². The number of likely N-dealkylation sites (N-methyl/N-ethyl adjacent to an activating group) is 2. The molecule has 7 heteroatoms. The molecule has 3 heterocycles. The maximum Gasteiger partial charge on any atom is 0.245 e. The SMILES string of the molecule is CNCCN(C)C(=O)C1CCCN1c1ncnc2sccc12. The summed E-state index contributed by atoms with van der Waals surface area (Å²) in [6.45, 7) is 2.40. The quantitative estimate of drug-likeness (QED) is 0.901. The number of rotatable bonds is 5. The number of carbonyl (C=O) groups is 1. The van der Waals surface area contributed by atoms with Crippen LogP contribution in [-0.4, -0.2) is 60.5 Å². The van der Waals surface area contributed by atoms with Crippen LogP contribution in [0.25, 0.3) is 10.2 Å². The van der Waals surface area contributed by atoms with Crippen molar-refractivity contribution in [3.8, 4) is 0 Å². The molecular weight excluding hydrogens is 298 g/mol. The van der Waals surface area contributed by atoms with Gasteiger partial charge in [0.05, 0.1) is 5.39 Å². The first-order valence-corrected chi connectivity index (χ1v) is 8.44. The van der Waals surface area contributed by atoms with Gasteiger partial charge in [-0.05, 0) is 31.3 Å². The largest absolute Gasteiger partial charge is 0.344 e. The highest BCUT2D eigenvalue weighted by atomic mass is 32.1. The fourth-order valence-corrected chi connectivity index (χ4v) is 3.65. The van der Waals surface area contributed by atoms with E-state index in [1.54, 1.807) is 17.7 Å². The molecule has 1 aliphatic rings. The number of anilines is 1. The minimum absolute atomic E-state index is 0.111. The monoisotopic (exact) mass is 319 g/mol. The van der Waals surface area contributed by atoms with Crippen molar-refractivity contribution in [2.75, 3.05) is 38.6 Å². The zero-order valence-corrected chi connectivity index (χ0v) is 13.8. The number of amides is 1. The lowest BCUT2D eigenvalue weighted by Gasteiger charge is -2.29. The Bertz CT molecular complexity index is 658. The lowest BCUT2D eigenvalue weighted by Crippen LogP contribution is -2.46. The zero-order chi connectivity index (χ0) is 15.5. The van der Waals surface area contributed by atoms with E-state index in [-0.39, 0.29) is 11.9 Å². The summed E-state index contributed by atoms with van der Waals surface area (Å²) in [6.07, 6.45) is 3.50. The highest BCUT2D eigenvalue weighted by Crippen LogP contribution is 2.32. The molecule has 1 amide bonds. The molecule has 0 saturated carbocycles. The van der Waals surface area contributed by atoms with Gasteiger partial charge in [-0.2, -0.15) is 0 Å². The van der Waals surface area contributed by atoms with Gasteiger partial charge in [0.1, 0.15) is 23.0 Å². The summed E-state index contributed by atoms with van der Waals surface area (Å²) in [5.74, 6) is 1.07. The normalized spacial score (nSPS) is 18.1. The fraction of sp³-hybridized carbons (Fsp3) is 0.533. The molecule has 0 radical (unpaired) electrons. The van der Waals surface area contributed by atoms with E-state index in [0.29, 0.717) is 0 Å². The highest BCUT2D eigenvalue weighted by molar-refractivity contribution is 7.16. The van der Waals surface area contributed by atoms with Gasteiger partial charge in [0.2, 0.25) is 5.91 Å². The molecule has 1 N–H and O–H groups in total. The molecular formula is C15H21N5OS. The Morgan fingerprint density at radius 3 is 3.23 bits per heavy atom. The van der Waals surface area contributed by atoms with Crippen LogP contribution in [0.3, 0.4) is 0 Å². The predicted molar refractivity (Wildman–Crippen MR) is 89.3 cm³/mol. The predicted octanol–water partition coefficient (Wildman–Crippen LogP) is 1.34. The summed E-state index contributed by atoms with van der Waals surface area (Å²) in [6, 6.07) is 1.93. The van der Waals surface area contributed by atoms with Crippen LogP contribution in [0.15, 0.2) is 17.8 Å². The van der Waals surface area contributed by atoms with Gasteiger partial charge in [-0.3, -0.25) is 4.79 Å². The summed E-state index contributed by atoms with van der Waals surface area (Å²) >= 11 is 1.61. The molecule has 3 rings (SSSR count). The van der Waals surface area contributed by atoms with Gasteiger partial charge < -0.3 is 15.1 Å². The molecule has 1 atom stereocenters. The molecule has 1 fully saturated rings. The summed E-state index contributed by atoms with van der Waals surface area (Å²) < 4.78 is 0. The van der Waals surface area contributed by atoms with Crippen LogP contribution in [0.1, 0.15) is 12.8 Å². The van der Waals surface area contributed by atoms with Crippen LogP contribution < -0.4 is 10.2 Å². The van der Waals surface area contributed by atoms with E-state index in [1.165, 1.54) is 0 Å². The first kappa shape index (κ1) is 15.2. The van der Waals surface area contributed by atoms with Gasteiger partial charge in [0, 0.05) is 26.7 Å². The van der Waals surface area contributed by atoms with Crippen molar-refractivity contribution in [1.82, 2.24) is 20.2 Å². The van der Waals surface area contributed by atoms with Crippen molar-refractivity contribution in [3.63, 3.8) is 0 Å². The second kappa shape index (κ2) is 6.58. The van der Waals surface area contributed by atoms with Gasteiger partial charge in [-0.25, -0.2) is 9.97 Å². The molecule has 0 aromatic carbocycles. The van der Waals surface area contributed by atoms with Gasteiger partial charge in [0.25, 0.3) is 0 Å². The number of hydrogen-bond donors (Lipinski definition) is 1. The molecule has 2 aromatic heterocycles. The maximum atomic E-state index is 12.7. The van der Waals surface area contributed by atoms with Crippen molar-refractivity contribution >= 4 is 33.3 Å². The van der Waals surface area contributed by atoms with Gasteiger partial charge in [-0.15, -0.1) is 11.3 Å². The number of carbonyl (C=O) groups excluding carboxylic acids is 1. The van der Waals surface area contributed by atoms with Gasteiger partial charge in [0.15, 0.2) is 0 Å². The van der Waals surface area contributed by atoms with Crippen molar-refractivity contribution in [3.05, 3.63) is 17.8 Å². The topological polar surface area (TPSA) is 61.4 Å². The Balaban J connectivity index is 1.84. The Kier molecular flexibility index (Phi) is 4.54. The van der Waals surface area contributed by atoms with E-state index in [1.807, 2.05) is 30.4 Å². The van der Waals surface area contributed by atoms with Crippen LogP contribution in [0.2, 0.25) is 0 Å². The summed E-state index contributed by atoms with van der Waals surface area (Å²) in [5, 5.41) is 6.15. The Morgan fingerprint density at radius 2 is 2.41 bits per heavy atom. The Morgan fingerprint density at radius 1 is 1.55 bits per heavy atom. The van der Waals surface area contributed by atoms with Crippen molar-refractivity contribution in [2.24, 2.45) is 0 Å². The van der Waals surface area contributed by atoms with Crippen LogP contribution in [0.5, 0.6) is 0 Å². The molecule has 0 aliphatic carbocycles. The third-order valence-electron chi connectivity index (χ3n) is 4.12. The van der Waals surface area contributed by atoms with Crippen LogP contribution in [-0.2, 0) is 4.79 Å². The van der Waals surface area contributed by atoms with E-state index in [9.17, 15) is 4.79 Å². The number of aromatic nitrogens is 2. The third-order valence-corrected chi connectivity index (χ3v) is 4.94.